The highest BCUT2D eigenvalue weighted by molar-refractivity contribution is 6.12. The van der Waals surface area contributed by atoms with Crippen molar-refractivity contribution < 1.29 is 9.59 Å². The molecule has 0 heterocycles. The second-order valence-electron chi connectivity index (χ2n) is 5.64. The molecule has 0 aliphatic heterocycles. The first kappa shape index (κ1) is 14.4. The Bertz CT molecular complexity index is 629. The lowest BCUT2D eigenvalue weighted by atomic mass is 9.81. The Morgan fingerprint density at radius 1 is 0.550 bits per heavy atom. The number of carbonyl (C=O) groups is 2. The Hall–Kier alpha value is -1.96. The van der Waals surface area contributed by atoms with Crippen molar-refractivity contribution in [3.8, 4) is 0 Å². The average molecular weight is 268 g/mol. The van der Waals surface area contributed by atoms with Gasteiger partial charge in [0.2, 0.25) is 0 Å². The third-order valence-corrected chi connectivity index (χ3v) is 4.34. The minimum absolute atomic E-state index is 0.109. The van der Waals surface area contributed by atoms with Crippen molar-refractivity contribution in [1.82, 2.24) is 0 Å². The van der Waals surface area contributed by atoms with Gasteiger partial charge in [-0.1, -0.05) is 0 Å². The summed E-state index contributed by atoms with van der Waals surface area (Å²) in [6.45, 7) is 11.4. The molecule has 0 aromatic heterocycles. The maximum atomic E-state index is 12.0. The van der Waals surface area contributed by atoms with Crippen LogP contribution in [0.5, 0.6) is 0 Å². The lowest BCUT2D eigenvalue weighted by molar-refractivity contribution is -0.113. The Morgan fingerprint density at radius 2 is 0.850 bits per heavy atom. The average Bonchev–Trinajstić information content (AvgIpc) is 2.42. The van der Waals surface area contributed by atoms with E-state index in [1.807, 2.05) is 53.7 Å². The molecule has 20 heavy (non-hydrogen) atoms. The smallest absolute Gasteiger partial charge is 0.184 e. The molecule has 0 atom stereocenters. The van der Waals surface area contributed by atoms with Crippen LogP contribution in [0.25, 0.3) is 0 Å². The van der Waals surface area contributed by atoms with Crippen molar-refractivity contribution in [1.29, 1.82) is 0 Å². The quantitative estimate of drug-likeness (QED) is 0.665. The number of rotatable bonds is 0. The van der Waals surface area contributed by atoms with E-state index in [1.165, 1.54) is 0 Å². The van der Waals surface area contributed by atoms with Crippen molar-refractivity contribution in [2.24, 2.45) is 0 Å². The summed E-state index contributed by atoms with van der Waals surface area (Å²) in [7, 11) is 0. The summed E-state index contributed by atoms with van der Waals surface area (Å²) in [5, 5.41) is 0. The predicted molar refractivity (Wildman–Crippen MR) is 81.3 cm³/mol. The van der Waals surface area contributed by atoms with Crippen LogP contribution in [-0.4, -0.2) is 11.6 Å². The van der Waals surface area contributed by atoms with E-state index in [0.29, 0.717) is 0 Å². The van der Waals surface area contributed by atoms with Crippen molar-refractivity contribution in [3.05, 3.63) is 56.7 Å². The van der Waals surface area contributed by atoms with Crippen molar-refractivity contribution in [3.63, 3.8) is 0 Å². The van der Waals surface area contributed by atoms with Gasteiger partial charge in [0.05, 0.1) is 0 Å². The van der Waals surface area contributed by atoms with E-state index in [9.17, 15) is 9.59 Å². The number of allylic oxidation sites excluding steroid dienone is 10. The molecular weight excluding hydrogens is 248 g/mol. The normalized spacial score (nSPS) is 24.3. The van der Waals surface area contributed by atoms with E-state index >= 15 is 0 Å². The summed E-state index contributed by atoms with van der Waals surface area (Å²) in [4.78, 5) is 24.0. The highest BCUT2D eigenvalue weighted by Crippen LogP contribution is 2.35. The molecule has 0 saturated heterocycles. The minimum atomic E-state index is 0.109. The fraction of sp³-hybridized carbons (Fsp3) is 0.333. The SMILES string of the molecule is CC1=C/C(=C2\C=C(C)C(=O)C(C)=C2C)C(C)=C(C)C1=O. The third kappa shape index (κ3) is 2.05. The van der Waals surface area contributed by atoms with E-state index in [4.69, 9.17) is 0 Å². The lowest BCUT2D eigenvalue weighted by Gasteiger charge is -2.22. The number of hydrogen-bond donors (Lipinski definition) is 0. The molecule has 0 aromatic carbocycles. The van der Waals surface area contributed by atoms with Gasteiger partial charge in [0.25, 0.3) is 0 Å². The molecule has 0 unspecified atom stereocenters. The van der Waals surface area contributed by atoms with Gasteiger partial charge in [0.15, 0.2) is 11.6 Å². The highest BCUT2D eigenvalue weighted by Gasteiger charge is 2.24. The Kier molecular flexibility index (Phi) is 3.51. The molecule has 2 rings (SSSR count). The summed E-state index contributed by atoms with van der Waals surface area (Å²) in [6.07, 6.45) is 3.88. The van der Waals surface area contributed by atoms with Crippen molar-refractivity contribution in [2.45, 2.75) is 41.5 Å². The second kappa shape index (κ2) is 4.86. The molecule has 104 valence electrons. The van der Waals surface area contributed by atoms with E-state index in [0.717, 1.165) is 44.6 Å². The molecule has 2 heteroatoms. The van der Waals surface area contributed by atoms with Gasteiger partial charge in [0, 0.05) is 11.1 Å². The van der Waals surface area contributed by atoms with E-state index < -0.39 is 0 Å². The van der Waals surface area contributed by atoms with Crippen molar-refractivity contribution >= 4 is 11.6 Å². The third-order valence-electron chi connectivity index (χ3n) is 4.34. The van der Waals surface area contributed by atoms with E-state index in [-0.39, 0.29) is 11.6 Å². The van der Waals surface area contributed by atoms with Crippen LogP contribution in [0, 0.1) is 0 Å². The topological polar surface area (TPSA) is 34.1 Å². The molecule has 0 N–H and O–H groups in total. The second-order valence-corrected chi connectivity index (χ2v) is 5.64. The molecule has 2 nitrogen and oxygen atoms in total. The first-order valence-corrected chi connectivity index (χ1v) is 6.81. The van der Waals surface area contributed by atoms with Crippen LogP contribution in [0.15, 0.2) is 56.7 Å². The molecule has 0 spiro atoms. The first-order chi connectivity index (χ1) is 9.25. The van der Waals surface area contributed by atoms with Gasteiger partial charge in [-0.3, -0.25) is 9.59 Å². The van der Waals surface area contributed by atoms with E-state index in [1.54, 1.807) is 0 Å². The Morgan fingerprint density at radius 3 is 1.15 bits per heavy atom. The Labute approximate surface area is 120 Å². The zero-order chi connectivity index (χ0) is 15.2. The van der Waals surface area contributed by atoms with Gasteiger partial charge in [0.1, 0.15) is 0 Å². The molecular formula is C18H20O2. The summed E-state index contributed by atoms with van der Waals surface area (Å²) in [6, 6.07) is 0. The number of Topliss-reactive ketones (excluding diaryl/α,β-unsaturated/α-hetero) is 2. The van der Waals surface area contributed by atoms with Crippen LogP contribution < -0.4 is 0 Å². The van der Waals surface area contributed by atoms with Crippen LogP contribution in [0.1, 0.15) is 41.5 Å². The van der Waals surface area contributed by atoms with Crippen LogP contribution >= 0.6 is 0 Å². The number of hydrogen-bond acceptors (Lipinski definition) is 2. The maximum absolute atomic E-state index is 12.0. The van der Waals surface area contributed by atoms with Gasteiger partial charge in [-0.15, -0.1) is 0 Å². The number of ketones is 2. The summed E-state index contributed by atoms with van der Waals surface area (Å²) < 4.78 is 0. The minimum Gasteiger partial charge on any atom is -0.289 e. The fourth-order valence-corrected chi connectivity index (χ4v) is 2.68. The largest absolute Gasteiger partial charge is 0.289 e. The molecule has 0 bridgehead atoms. The summed E-state index contributed by atoms with van der Waals surface area (Å²) in [5.41, 5.74) is 7.21. The fourth-order valence-electron chi connectivity index (χ4n) is 2.68. The molecule has 0 amide bonds. The molecule has 0 aromatic rings. The zero-order valence-electron chi connectivity index (χ0n) is 13.0. The number of carbonyl (C=O) groups excluding carboxylic acids is 2. The first-order valence-electron chi connectivity index (χ1n) is 6.81. The van der Waals surface area contributed by atoms with Crippen LogP contribution in [0.4, 0.5) is 0 Å². The predicted octanol–water partition coefficient (Wildman–Crippen LogP) is 4.01. The maximum Gasteiger partial charge on any atom is 0.184 e. The monoisotopic (exact) mass is 268 g/mol. The summed E-state index contributed by atoms with van der Waals surface area (Å²) in [5.74, 6) is 0.218. The standard InChI is InChI=1S/C18H20O2/c1-9-7-15(11(3)13(5)17(9)19)16-8-10(2)18(20)14(6)12(16)4/h7-8H,1-6H3/b16-15-. The van der Waals surface area contributed by atoms with E-state index in [2.05, 4.69) is 0 Å². The molecule has 2 aliphatic rings. The molecule has 2 aliphatic carbocycles. The van der Waals surface area contributed by atoms with Crippen LogP contribution in [0.3, 0.4) is 0 Å². The zero-order valence-corrected chi connectivity index (χ0v) is 13.0. The van der Waals surface area contributed by atoms with Gasteiger partial charge in [-0.2, -0.15) is 0 Å². The van der Waals surface area contributed by atoms with Crippen molar-refractivity contribution in [2.75, 3.05) is 0 Å². The summed E-state index contributed by atoms with van der Waals surface area (Å²) >= 11 is 0. The molecule has 0 fully saturated rings. The molecule has 0 radical (unpaired) electrons. The van der Waals surface area contributed by atoms with Gasteiger partial charge in [-0.25, -0.2) is 0 Å². The van der Waals surface area contributed by atoms with Gasteiger partial charge >= 0.3 is 0 Å². The Balaban J connectivity index is 2.76. The lowest BCUT2D eigenvalue weighted by Crippen LogP contribution is -2.14. The van der Waals surface area contributed by atoms with Crippen LogP contribution in [-0.2, 0) is 9.59 Å². The van der Waals surface area contributed by atoms with Crippen LogP contribution in [0.2, 0.25) is 0 Å². The molecule has 0 saturated carbocycles. The van der Waals surface area contributed by atoms with Gasteiger partial charge < -0.3 is 0 Å². The highest BCUT2D eigenvalue weighted by atomic mass is 16.1. The van der Waals surface area contributed by atoms with Gasteiger partial charge in [-0.05, 0) is 87.1 Å².